The van der Waals surface area contributed by atoms with Gasteiger partial charge in [0.05, 0.1) is 7.11 Å². The molecule has 0 saturated heterocycles. The van der Waals surface area contributed by atoms with E-state index in [0.29, 0.717) is 0 Å². The molecule has 1 aliphatic carbocycles. The van der Waals surface area contributed by atoms with E-state index in [1.807, 2.05) is 0 Å². The smallest absolute Gasteiger partial charge is 0.123 e. The number of hydrogen-bond acceptors (Lipinski definition) is 3. The van der Waals surface area contributed by atoms with E-state index in [-0.39, 0.29) is 18.1 Å². The molecule has 1 saturated carbocycles. The fourth-order valence-electron chi connectivity index (χ4n) is 3.35. The van der Waals surface area contributed by atoms with Crippen LogP contribution in [0.3, 0.4) is 0 Å². The van der Waals surface area contributed by atoms with Crippen LogP contribution in [-0.2, 0) is 0 Å². The van der Waals surface area contributed by atoms with Crippen molar-refractivity contribution in [2.24, 2.45) is 5.41 Å². The highest BCUT2D eigenvalue weighted by atomic mass is 16.5. The molecule has 0 amide bonds. The molecule has 1 aliphatic rings. The number of aryl methyl sites for hydroxylation is 1. The summed E-state index contributed by atoms with van der Waals surface area (Å²) in [5.74, 6) is 0.941. The highest BCUT2D eigenvalue weighted by molar-refractivity contribution is 5.39. The maximum atomic E-state index is 9.80. The maximum absolute atomic E-state index is 9.80. The summed E-state index contributed by atoms with van der Waals surface area (Å²) < 4.78 is 5.50. The Morgan fingerprint density at radius 2 is 2.00 bits per heavy atom. The van der Waals surface area contributed by atoms with Crippen LogP contribution in [0.15, 0.2) is 18.2 Å². The molecule has 2 rings (SSSR count). The second kappa shape index (κ2) is 7.28. The molecule has 2 N–H and O–H groups in total. The van der Waals surface area contributed by atoms with E-state index in [1.165, 1.54) is 30.4 Å². The van der Waals surface area contributed by atoms with E-state index in [9.17, 15) is 5.11 Å². The number of ether oxygens (including phenoxy) is 1. The summed E-state index contributed by atoms with van der Waals surface area (Å²) >= 11 is 0. The first-order valence-electron chi connectivity index (χ1n) is 8.09. The first kappa shape index (κ1) is 16.3. The Morgan fingerprint density at radius 1 is 1.29 bits per heavy atom. The minimum absolute atomic E-state index is 0.0739. The van der Waals surface area contributed by atoms with Crippen LogP contribution in [0.25, 0.3) is 0 Å². The van der Waals surface area contributed by atoms with Crippen molar-refractivity contribution < 1.29 is 9.84 Å². The Labute approximate surface area is 128 Å². The van der Waals surface area contributed by atoms with Gasteiger partial charge in [0.15, 0.2) is 0 Å². The summed E-state index contributed by atoms with van der Waals surface area (Å²) in [7, 11) is 1.72. The average molecular weight is 291 g/mol. The lowest BCUT2D eigenvalue weighted by molar-refractivity contribution is 0.0788. The predicted molar refractivity (Wildman–Crippen MR) is 86.8 cm³/mol. The van der Waals surface area contributed by atoms with Crippen molar-refractivity contribution in [3.63, 3.8) is 0 Å². The van der Waals surface area contributed by atoms with Gasteiger partial charge in [0.1, 0.15) is 5.75 Å². The Morgan fingerprint density at radius 3 is 2.62 bits per heavy atom. The molecule has 3 nitrogen and oxygen atoms in total. The van der Waals surface area contributed by atoms with E-state index >= 15 is 0 Å². The zero-order chi connectivity index (χ0) is 15.3. The van der Waals surface area contributed by atoms with E-state index in [2.05, 4.69) is 37.4 Å². The van der Waals surface area contributed by atoms with E-state index in [1.54, 1.807) is 7.11 Å². The van der Waals surface area contributed by atoms with Crippen molar-refractivity contribution >= 4 is 0 Å². The summed E-state index contributed by atoms with van der Waals surface area (Å²) in [5.41, 5.74) is 2.47. The van der Waals surface area contributed by atoms with Crippen LogP contribution in [-0.4, -0.2) is 25.4 Å². The van der Waals surface area contributed by atoms with Crippen LogP contribution >= 0.6 is 0 Å². The number of rotatable bonds is 6. The minimum atomic E-state index is 0.0739. The van der Waals surface area contributed by atoms with Gasteiger partial charge in [0.2, 0.25) is 0 Å². The summed E-state index contributed by atoms with van der Waals surface area (Å²) in [6.07, 6.45) is 6.06. The van der Waals surface area contributed by atoms with Gasteiger partial charge in [-0.1, -0.05) is 31.4 Å². The van der Waals surface area contributed by atoms with Gasteiger partial charge in [-0.25, -0.2) is 0 Å². The molecule has 1 aromatic rings. The predicted octanol–water partition coefficient (Wildman–Crippen LogP) is 3.60. The van der Waals surface area contributed by atoms with Gasteiger partial charge in [-0.05, 0) is 38.3 Å². The molecule has 1 fully saturated rings. The zero-order valence-electron chi connectivity index (χ0n) is 13.6. The Bertz CT molecular complexity index is 453. The quantitative estimate of drug-likeness (QED) is 0.841. The molecule has 1 unspecified atom stereocenters. The maximum Gasteiger partial charge on any atom is 0.123 e. The van der Waals surface area contributed by atoms with Gasteiger partial charge < -0.3 is 15.2 Å². The van der Waals surface area contributed by atoms with E-state index in [0.717, 1.165) is 25.1 Å². The molecule has 118 valence electrons. The lowest BCUT2D eigenvalue weighted by Gasteiger charge is -2.37. The number of aliphatic hydroxyl groups excluding tert-OH is 1. The fraction of sp³-hybridized carbons (Fsp3) is 0.667. The van der Waals surface area contributed by atoms with Gasteiger partial charge in [-0.15, -0.1) is 0 Å². The molecule has 1 atom stereocenters. The summed E-state index contributed by atoms with van der Waals surface area (Å²) in [6.45, 7) is 5.41. The molecule has 0 aromatic heterocycles. The summed E-state index contributed by atoms with van der Waals surface area (Å²) in [4.78, 5) is 0. The standard InChI is InChI=1S/C18H29NO2/c1-14-7-8-16(17(11-14)21-3)15(2)19-12-18(13-20)9-5-4-6-10-18/h7-8,11,15,19-20H,4-6,9-10,12-13H2,1-3H3. The molecule has 0 aliphatic heterocycles. The first-order chi connectivity index (χ1) is 10.1. The highest BCUT2D eigenvalue weighted by Crippen LogP contribution is 2.36. The first-order valence-corrected chi connectivity index (χ1v) is 8.09. The largest absolute Gasteiger partial charge is 0.496 e. The molecule has 21 heavy (non-hydrogen) atoms. The van der Waals surface area contributed by atoms with E-state index in [4.69, 9.17) is 4.74 Å². The van der Waals surface area contributed by atoms with Gasteiger partial charge in [0, 0.05) is 30.2 Å². The SMILES string of the molecule is COc1cc(C)ccc1C(C)NCC1(CO)CCCCC1. The van der Waals surface area contributed by atoms with Crippen LogP contribution in [0.4, 0.5) is 0 Å². The van der Waals surface area contributed by atoms with Crippen LogP contribution in [0.1, 0.15) is 56.2 Å². The number of aliphatic hydroxyl groups is 1. The number of methoxy groups -OCH3 is 1. The lowest BCUT2D eigenvalue weighted by Crippen LogP contribution is -2.40. The van der Waals surface area contributed by atoms with Crippen molar-refractivity contribution in [1.29, 1.82) is 0 Å². The monoisotopic (exact) mass is 291 g/mol. The third kappa shape index (κ3) is 3.98. The number of nitrogens with one attached hydrogen (secondary N) is 1. The Hall–Kier alpha value is -1.06. The summed E-state index contributed by atoms with van der Waals surface area (Å²) in [5, 5.41) is 13.4. The van der Waals surface area contributed by atoms with Gasteiger partial charge in [0.25, 0.3) is 0 Å². The van der Waals surface area contributed by atoms with Crippen molar-refractivity contribution in [3.05, 3.63) is 29.3 Å². The number of hydrogen-bond donors (Lipinski definition) is 2. The molecule has 0 spiro atoms. The fourth-order valence-corrected chi connectivity index (χ4v) is 3.35. The van der Waals surface area contributed by atoms with Crippen molar-refractivity contribution in [1.82, 2.24) is 5.32 Å². The molecule has 0 heterocycles. The minimum Gasteiger partial charge on any atom is -0.496 e. The highest BCUT2D eigenvalue weighted by Gasteiger charge is 2.31. The van der Waals surface area contributed by atoms with Crippen molar-refractivity contribution in [3.8, 4) is 5.75 Å². The molecule has 0 bridgehead atoms. The van der Waals surface area contributed by atoms with Gasteiger partial charge in [-0.3, -0.25) is 0 Å². The summed E-state index contributed by atoms with van der Waals surface area (Å²) in [6, 6.07) is 6.57. The average Bonchev–Trinajstić information content (AvgIpc) is 2.53. The van der Waals surface area contributed by atoms with Gasteiger partial charge in [-0.2, -0.15) is 0 Å². The Balaban J connectivity index is 2.02. The second-order valence-electron chi connectivity index (χ2n) is 6.57. The van der Waals surface area contributed by atoms with Crippen LogP contribution in [0, 0.1) is 12.3 Å². The normalized spacial score (nSPS) is 19.2. The van der Waals surface area contributed by atoms with Crippen LogP contribution in [0.2, 0.25) is 0 Å². The van der Waals surface area contributed by atoms with Crippen molar-refractivity contribution in [2.45, 2.75) is 52.0 Å². The molecule has 0 radical (unpaired) electrons. The Kier molecular flexibility index (Phi) is 5.65. The van der Waals surface area contributed by atoms with Crippen LogP contribution < -0.4 is 10.1 Å². The van der Waals surface area contributed by atoms with Crippen molar-refractivity contribution in [2.75, 3.05) is 20.3 Å². The zero-order valence-corrected chi connectivity index (χ0v) is 13.6. The van der Waals surface area contributed by atoms with E-state index < -0.39 is 0 Å². The topological polar surface area (TPSA) is 41.5 Å². The number of benzene rings is 1. The molecular formula is C18H29NO2. The second-order valence-corrected chi connectivity index (χ2v) is 6.57. The molecular weight excluding hydrogens is 262 g/mol. The lowest BCUT2D eigenvalue weighted by atomic mass is 9.74. The van der Waals surface area contributed by atoms with Gasteiger partial charge >= 0.3 is 0 Å². The third-order valence-electron chi connectivity index (χ3n) is 4.89. The molecule has 1 aromatic carbocycles. The third-order valence-corrected chi connectivity index (χ3v) is 4.89. The molecule has 3 heteroatoms. The van der Waals surface area contributed by atoms with Crippen LogP contribution in [0.5, 0.6) is 5.75 Å².